The molecule has 1 aromatic rings. The van der Waals surface area contributed by atoms with Crippen molar-refractivity contribution < 1.29 is 14.3 Å². The van der Waals surface area contributed by atoms with E-state index < -0.39 is 16.8 Å². The minimum Gasteiger partial charge on any atom is -0.464 e. The number of likely N-dealkylation sites (tertiary alicyclic amines) is 1. The van der Waals surface area contributed by atoms with Crippen molar-refractivity contribution in [1.29, 1.82) is 0 Å². The first-order valence-corrected chi connectivity index (χ1v) is 9.15. The van der Waals surface area contributed by atoms with Gasteiger partial charge in [0, 0.05) is 23.9 Å². The number of esters is 1. The molecule has 1 saturated carbocycles. The zero-order chi connectivity index (χ0) is 17.3. The maximum absolute atomic E-state index is 13.2. The van der Waals surface area contributed by atoms with Crippen molar-refractivity contribution in [3.8, 4) is 0 Å². The van der Waals surface area contributed by atoms with Gasteiger partial charge in [-0.05, 0) is 31.7 Å². The lowest BCUT2D eigenvalue weighted by Crippen LogP contribution is -2.66. The van der Waals surface area contributed by atoms with Crippen LogP contribution in [-0.2, 0) is 20.9 Å². The fraction of sp³-hybridized carbons (Fsp3) is 0.556. The molecule has 1 heterocycles. The van der Waals surface area contributed by atoms with Crippen molar-refractivity contribution in [1.82, 2.24) is 4.90 Å². The van der Waals surface area contributed by atoms with Crippen molar-refractivity contribution in [3.05, 3.63) is 35.9 Å². The third-order valence-corrected chi connectivity index (χ3v) is 6.15. The van der Waals surface area contributed by atoms with Gasteiger partial charge in [0.25, 0.3) is 5.91 Å². The molecule has 0 spiro atoms. The lowest BCUT2D eigenvalue weighted by atomic mass is 9.72. The summed E-state index contributed by atoms with van der Waals surface area (Å²) < 4.78 is 5.12. The van der Waals surface area contributed by atoms with Gasteiger partial charge in [0.15, 0.2) is 0 Å². The summed E-state index contributed by atoms with van der Waals surface area (Å²) in [5.41, 5.74) is 1.01. The van der Waals surface area contributed by atoms with Crippen LogP contribution < -0.4 is 0 Å². The van der Waals surface area contributed by atoms with Crippen molar-refractivity contribution >= 4 is 35.1 Å². The molecule has 4 nitrogen and oxygen atoms in total. The molecule has 0 radical (unpaired) electrons. The predicted molar refractivity (Wildman–Crippen MR) is 93.0 cm³/mol. The molecule has 0 unspecified atom stereocenters. The number of benzene rings is 1. The number of fused-ring (bicyclic) bond motifs is 2. The molecule has 2 aliphatic rings. The van der Waals surface area contributed by atoms with Gasteiger partial charge < -0.3 is 9.64 Å². The molecule has 1 aliphatic heterocycles. The van der Waals surface area contributed by atoms with Gasteiger partial charge in [-0.2, -0.15) is 0 Å². The minimum atomic E-state index is -1.71. The molecule has 24 heavy (non-hydrogen) atoms. The van der Waals surface area contributed by atoms with E-state index in [2.05, 4.69) is 0 Å². The van der Waals surface area contributed by atoms with Gasteiger partial charge in [-0.15, -0.1) is 11.6 Å². The van der Waals surface area contributed by atoms with Crippen LogP contribution >= 0.6 is 23.2 Å². The largest absolute Gasteiger partial charge is 0.464 e. The molecular formula is C18H21Cl2NO3. The summed E-state index contributed by atoms with van der Waals surface area (Å²) in [4.78, 5) is 25.7. The maximum Gasteiger partial charge on any atom is 0.337 e. The SMILES string of the molecule is CCOC(=O)[C@@]1(Cl)C(=O)N(Cc2ccccc2)[C@H]2CC[C@H](Cl)[C@@H]1C2. The molecule has 1 aliphatic carbocycles. The van der Waals surface area contributed by atoms with E-state index >= 15 is 0 Å². The van der Waals surface area contributed by atoms with E-state index in [-0.39, 0.29) is 23.9 Å². The first-order valence-electron chi connectivity index (χ1n) is 8.33. The van der Waals surface area contributed by atoms with Crippen LogP contribution in [0.3, 0.4) is 0 Å². The highest BCUT2D eigenvalue weighted by atomic mass is 35.5. The molecular weight excluding hydrogens is 349 g/mol. The summed E-state index contributed by atoms with van der Waals surface area (Å²) in [5, 5.41) is -0.286. The quantitative estimate of drug-likeness (QED) is 0.464. The van der Waals surface area contributed by atoms with Crippen LogP contribution in [-0.4, -0.2) is 39.7 Å². The van der Waals surface area contributed by atoms with Gasteiger partial charge in [0.05, 0.1) is 6.61 Å². The molecule has 6 heteroatoms. The second-order valence-corrected chi connectivity index (χ2v) is 7.60. The average molecular weight is 370 g/mol. The van der Waals surface area contributed by atoms with Crippen LogP contribution in [0.15, 0.2) is 30.3 Å². The first kappa shape index (κ1) is 17.6. The number of piperidine rings is 1. The van der Waals surface area contributed by atoms with Gasteiger partial charge in [0.2, 0.25) is 4.87 Å². The van der Waals surface area contributed by atoms with Gasteiger partial charge in [-0.25, -0.2) is 4.79 Å². The highest BCUT2D eigenvalue weighted by Gasteiger charge is 2.61. The van der Waals surface area contributed by atoms with Crippen LogP contribution in [0, 0.1) is 5.92 Å². The zero-order valence-corrected chi connectivity index (χ0v) is 15.1. The van der Waals surface area contributed by atoms with E-state index in [0.717, 1.165) is 18.4 Å². The Kier molecular flexibility index (Phi) is 5.07. The Bertz CT molecular complexity index is 624. The number of hydrogen-bond acceptors (Lipinski definition) is 3. The van der Waals surface area contributed by atoms with Crippen LogP contribution in [0.1, 0.15) is 31.7 Å². The topological polar surface area (TPSA) is 46.6 Å². The number of nitrogens with zero attached hydrogens (tertiary/aromatic N) is 1. The van der Waals surface area contributed by atoms with Gasteiger partial charge in [0.1, 0.15) is 0 Å². The Morgan fingerprint density at radius 1 is 1.33 bits per heavy atom. The molecule has 130 valence electrons. The third-order valence-electron chi connectivity index (χ3n) is 5.03. The summed E-state index contributed by atoms with van der Waals surface area (Å²) in [6, 6.07) is 9.79. The van der Waals surface area contributed by atoms with Crippen molar-refractivity contribution in [3.63, 3.8) is 0 Å². The molecule has 0 N–H and O–H groups in total. The fourth-order valence-corrected chi connectivity index (χ4v) is 4.68. The molecule has 0 aromatic heterocycles. The molecule has 4 atom stereocenters. The molecule has 1 saturated heterocycles. The lowest BCUT2D eigenvalue weighted by molar-refractivity contribution is -0.162. The smallest absolute Gasteiger partial charge is 0.337 e. The number of halogens is 2. The summed E-state index contributed by atoms with van der Waals surface area (Å²) in [6.07, 6.45) is 2.21. The third kappa shape index (κ3) is 2.91. The van der Waals surface area contributed by atoms with Crippen LogP contribution in [0.5, 0.6) is 0 Å². The van der Waals surface area contributed by atoms with E-state index in [1.54, 1.807) is 11.8 Å². The number of alkyl halides is 2. The monoisotopic (exact) mass is 369 g/mol. The normalized spacial score (nSPS) is 32.5. The van der Waals surface area contributed by atoms with Crippen molar-refractivity contribution in [2.75, 3.05) is 6.61 Å². The Labute approximate surface area is 152 Å². The number of amides is 1. The molecule has 3 rings (SSSR count). The highest BCUT2D eigenvalue weighted by Crippen LogP contribution is 2.47. The zero-order valence-electron chi connectivity index (χ0n) is 13.6. The number of carbonyl (C=O) groups excluding carboxylic acids is 2. The Hall–Kier alpha value is -1.26. The van der Waals surface area contributed by atoms with Gasteiger partial charge in [-0.3, -0.25) is 4.79 Å². The van der Waals surface area contributed by atoms with Crippen molar-refractivity contribution in [2.24, 2.45) is 5.92 Å². The highest BCUT2D eigenvalue weighted by molar-refractivity contribution is 6.46. The van der Waals surface area contributed by atoms with E-state index in [4.69, 9.17) is 27.9 Å². The Morgan fingerprint density at radius 2 is 2.04 bits per heavy atom. The van der Waals surface area contributed by atoms with E-state index in [0.29, 0.717) is 13.0 Å². The van der Waals surface area contributed by atoms with Crippen molar-refractivity contribution in [2.45, 2.75) is 49.0 Å². The second-order valence-electron chi connectivity index (χ2n) is 6.44. The number of rotatable bonds is 4. The van der Waals surface area contributed by atoms with Crippen LogP contribution in [0.2, 0.25) is 0 Å². The molecule has 1 amide bonds. The number of carbonyl (C=O) groups is 2. The van der Waals surface area contributed by atoms with Gasteiger partial charge >= 0.3 is 5.97 Å². The number of ether oxygens (including phenoxy) is 1. The maximum atomic E-state index is 13.2. The van der Waals surface area contributed by atoms with E-state index in [9.17, 15) is 9.59 Å². The number of hydrogen-bond donors (Lipinski definition) is 0. The average Bonchev–Trinajstić information content (AvgIpc) is 2.59. The molecule has 1 aromatic carbocycles. The first-order chi connectivity index (χ1) is 11.5. The minimum absolute atomic E-state index is 0.0685. The summed E-state index contributed by atoms with van der Waals surface area (Å²) >= 11 is 13.0. The van der Waals surface area contributed by atoms with Gasteiger partial charge in [-0.1, -0.05) is 41.9 Å². The summed E-state index contributed by atoms with van der Waals surface area (Å²) in [5.74, 6) is -1.44. The lowest BCUT2D eigenvalue weighted by Gasteiger charge is -2.51. The fourth-order valence-electron chi connectivity index (χ4n) is 3.80. The van der Waals surface area contributed by atoms with Crippen LogP contribution in [0.4, 0.5) is 0 Å². The van der Waals surface area contributed by atoms with E-state index in [1.165, 1.54) is 0 Å². The summed E-state index contributed by atoms with van der Waals surface area (Å²) in [7, 11) is 0. The standard InChI is InChI=1S/C18H21Cl2NO3/c1-2-24-17(23)18(20)14-10-13(8-9-15(14)19)21(16(18)22)11-12-6-4-3-5-7-12/h3-7,13-15H,2,8-11H2,1H3/t13-,14-,15-,18-/m0/s1. The summed E-state index contributed by atoms with van der Waals surface area (Å²) in [6.45, 7) is 2.33. The Balaban J connectivity index is 1.93. The Morgan fingerprint density at radius 3 is 2.71 bits per heavy atom. The predicted octanol–water partition coefficient (Wildman–Crippen LogP) is 3.35. The molecule has 2 bridgehead atoms. The second kappa shape index (κ2) is 6.93. The molecule has 2 fully saturated rings. The van der Waals surface area contributed by atoms with Crippen LogP contribution in [0.25, 0.3) is 0 Å². The van der Waals surface area contributed by atoms with E-state index in [1.807, 2.05) is 30.3 Å².